The summed E-state index contributed by atoms with van der Waals surface area (Å²) in [5, 5.41) is 23.0. The molecular formula is C28H25N9O2. The molecule has 0 spiro atoms. The lowest BCUT2D eigenvalue weighted by molar-refractivity contribution is 0.630. The van der Waals surface area contributed by atoms with E-state index in [1.54, 1.807) is 44.6 Å². The van der Waals surface area contributed by atoms with Gasteiger partial charge in [-0.15, -0.1) is 10.2 Å². The van der Waals surface area contributed by atoms with E-state index in [9.17, 15) is 14.9 Å². The predicted octanol–water partition coefficient (Wildman–Crippen LogP) is 4.33. The van der Waals surface area contributed by atoms with Crippen molar-refractivity contribution >= 4 is 11.4 Å². The minimum absolute atomic E-state index is 0.0526. The van der Waals surface area contributed by atoms with Crippen molar-refractivity contribution in [2.75, 3.05) is 0 Å². The van der Waals surface area contributed by atoms with Crippen LogP contribution in [0.1, 0.15) is 22.6 Å². The van der Waals surface area contributed by atoms with Gasteiger partial charge in [-0.2, -0.15) is 10.4 Å². The fourth-order valence-corrected chi connectivity index (χ4v) is 4.43. The summed E-state index contributed by atoms with van der Waals surface area (Å²) in [6, 6.07) is 20.3. The second-order valence-electron chi connectivity index (χ2n) is 9.02. The van der Waals surface area contributed by atoms with E-state index < -0.39 is 5.56 Å². The maximum Gasteiger partial charge on any atom is 0.299 e. The van der Waals surface area contributed by atoms with Crippen LogP contribution in [0.3, 0.4) is 0 Å². The Morgan fingerprint density at radius 2 is 1.44 bits per heavy atom. The smallest absolute Gasteiger partial charge is 0.283 e. The summed E-state index contributed by atoms with van der Waals surface area (Å²) in [5.74, 6) is 0.224. The van der Waals surface area contributed by atoms with E-state index in [0.717, 1.165) is 5.69 Å². The maximum atomic E-state index is 13.2. The first kappa shape index (κ1) is 25.3. The third kappa shape index (κ3) is 4.18. The number of aryl methyl sites for hydroxylation is 1. The molecule has 5 rings (SSSR count). The van der Waals surface area contributed by atoms with Crippen LogP contribution in [0.15, 0.2) is 80.5 Å². The number of azo groups is 1. The van der Waals surface area contributed by atoms with Gasteiger partial charge in [-0.1, -0.05) is 48.5 Å². The topological polar surface area (TPSA) is 128 Å². The number of nitriles is 1. The highest BCUT2D eigenvalue weighted by molar-refractivity contribution is 5.66. The Morgan fingerprint density at radius 3 is 2.08 bits per heavy atom. The van der Waals surface area contributed by atoms with Gasteiger partial charge in [-0.05, 0) is 32.9 Å². The first-order chi connectivity index (χ1) is 18.7. The Kier molecular flexibility index (Phi) is 6.37. The zero-order valence-corrected chi connectivity index (χ0v) is 22.1. The van der Waals surface area contributed by atoms with Gasteiger partial charge in [0.2, 0.25) is 5.95 Å². The monoisotopic (exact) mass is 519 g/mol. The third-order valence-corrected chi connectivity index (χ3v) is 6.64. The van der Waals surface area contributed by atoms with Crippen molar-refractivity contribution in [2.24, 2.45) is 24.3 Å². The molecule has 194 valence electrons. The number of aromatic nitrogens is 6. The van der Waals surface area contributed by atoms with Crippen LogP contribution in [-0.4, -0.2) is 28.7 Å². The summed E-state index contributed by atoms with van der Waals surface area (Å²) in [6.45, 7) is 5.35. The van der Waals surface area contributed by atoms with E-state index in [2.05, 4.69) is 20.3 Å². The lowest BCUT2D eigenvalue weighted by atomic mass is 10.1. The van der Waals surface area contributed by atoms with Crippen molar-refractivity contribution in [1.29, 1.82) is 5.26 Å². The Hall–Kier alpha value is -5.37. The van der Waals surface area contributed by atoms with Crippen molar-refractivity contribution in [3.8, 4) is 29.0 Å². The van der Waals surface area contributed by atoms with Gasteiger partial charge in [-0.3, -0.25) is 18.8 Å². The summed E-state index contributed by atoms with van der Waals surface area (Å²) in [5.41, 5.74) is 3.21. The van der Waals surface area contributed by atoms with Gasteiger partial charge >= 0.3 is 0 Å². The molecular weight excluding hydrogens is 494 g/mol. The van der Waals surface area contributed by atoms with Gasteiger partial charge < -0.3 is 0 Å². The molecule has 0 bridgehead atoms. The number of benzene rings is 2. The average molecular weight is 520 g/mol. The minimum atomic E-state index is -0.488. The lowest BCUT2D eigenvalue weighted by Crippen LogP contribution is -2.27. The number of hydrogen-bond donors (Lipinski definition) is 0. The van der Waals surface area contributed by atoms with Crippen LogP contribution in [0.5, 0.6) is 0 Å². The number of para-hydroxylation sites is 1. The molecule has 3 aromatic heterocycles. The van der Waals surface area contributed by atoms with Crippen LogP contribution in [0.2, 0.25) is 0 Å². The fourth-order valence-electron chi connectivity index (χ4n) is 4.43. The molecule has 0 aliphatic heterocycles. The summed E-state index contributed by atoms with van der Waals surface area (Å²) in [7, 11) is 3.33. The average Bonchev–Trinajstić information content (AvgIpc) is 3.34. The van der Waals surface area contributed by atoms with E-state index >= 15 is 0 Å². The van der Waals surface area contributed by atoms with Crippen LogP contribution >= 0.6 is 0 Å². The molecule has 0 saturated carbocycles. The molecule has 0 saturated heterocycles. The van der Waals surface area contributed by atoms with Gasteiger partial charge in [0.1, 0.15) is 17.3 Å². The molecule has 5 aromatic rings. The highest BCUT2D eigenvalue weighted by Crippen LogP contribution is 2.28. The molecule has 0 aliphatic rings. The number of nitrogens with zero attached hydrogens (tertiary/aromatic N) is 9. The van der Waals surface area contributed by atoms with E-state index in [1.807, 2.05) is 54.6 Å². The molecule has 11 nitrogen and oxygen atoms in total. The van der Waals surface area contributed by atoms with E-state index in [4.69, 9.17) is 0 Å². The Bertz CT molecular complexity index is 1900. The number of rotatable bonds is 5. The molecule has 0 aliphatic carbocycles. The molecule has 39 heavy (non-hydrogen) atoms. The molecule has 0 amide bonds. The van der Waals surface area contributed by atoms with Gasteiger partial charge in [-0.25, -0.2) is 14.3 Å². The Morgan fingerprint density at radius 1 is 0.821 bits per heavy atom. The zero-order valence-electron chi connectivity index (χ0n) is 22.1. The minimum Gasteiger partial charge on any atom is -0.283 e. The predicted molar refractivity (Wildman–Crippen MR) is 146 cm³/mol. The van der Waals surface area contributed by atoms with Gasteiger partial charge in [0, 0.05) is 19.7 Å². The molecule has 0 unspecified atom stereocenters. The quantitative estimate of drug-likeness (QED) is 0.319. The summed E-state index contributed by atoms with van der Waals surface area (Å²) < 4.78 is 6.05. The van der Waals surface area contributed by atoms with Crippen molar-refractivity contribution in [1.82, 2.24) is 28.7 Å². The van der Waals surface area contributed by atoms with Gasteiger partial charge in [0.05, 0.1) is 28.5 Å². The third-order valence-electron chi connectivity index (χ3n) is 6.64. The fraction of sp³-hybridized carbons (Fsp3) is 0.179. The van der Waals surface area contributed by atoms with Crippen LogP contribution in [-0.2, 0) is 14.1 Å². The normalized spacial score (nSPS) is 11.3. The molecule has 0 fully saturated rings. The maximum absolute atomic E-state index is 13.2. The molecule has 0 radical (unpaired) electrons. The summed E-state index contributed by atoms with van der Waals surface area (Å²) in [6.07, 6.45) is 0. The lowest BCUT2D eigenvalue weighted by Gasteiger charge is -2.12. The largest absolute Gasteiger partial charge is 0.299 e. The van der Waals surface area contributed by atoms with E-state index in [0.29, 0.717) is 28.3 Å². The van der Waals surface area contributed by atoms with Crippen LogP contribution in [0, 0.1) is 32.1 Å². The molecule has 11 heteroatoms. The summed E-state index contributed by atoms with van der Waals surface area (Å²) in [4.78, 5) is 31.0. The number of hydrogen-bond acceptors (Lipinski definition) is 7. The van der Waals surface area contributed by atoms with Gasteiger partial charge in [0.25, 0.3) is 11.1 Å². The SMILES string of the molecule is Cc1nn(-c2nc(-c3ccccc3)c(C#N)c(=O)n2C)c(C)c1N=Nc1c(C)n(C)n(-c2ccccc2)c1=O. The first-order valence-corrected chi connectivity index (χ1v) is 12.1. The van der Waals surface area contributed by atoms with Crippen LogP contribution in [0.25, 0.3) is 22.9 Å². The van der Waals surface area contributed by atoms with E-state index in [1.165, 1.54) is 21.0 Å². The van der Waals surface area contributed by atoms with Crippen LogP contribution in [0.4, 0.5) is 11.4 Å². The van der Waals surface area contributed by atoms with Crippen molar-refractivity contribution in [3.05, 3.63) is 104 Å². The van der Waals surface area contributed by atoms with Crippen molar-refractivity contribution in [2.45, 2.75) is 20.8 Å². The second-order valence-corrected chi connectivity index (χ2v) is 9.02. The highest BCUT2D eigenvalue weighted by atomic mass is 16.1. The molecule has 2 aromatic carbocycles. The zero-order chi connectivity index (χ0) is 27.8. The molecule has 0 atom stereocenters. The van der Waals surface area contributed by atoms with Gasteiger partial charge in [0.15, 0.2) is 5.69 Å². The van der Waals surface area contributed by atoms with Crippen LogP contribution < -0.4 is 11.1 Å². The molecule has 3 heterocycles. The highest BCUT2D eigenvalue weighted by Gasteiger charge is 2.22. The Labute approximate surface area is 223 Å². The van der Waals surface area contributed by atoms with Crippen molar-refractivity contribution in [3.63, 3.8) is 0 Å². The Balaban J connectivity index is 1.62. The second kappa shape index (κ2) is 9.83. The first-order valence-electron chi connectivity index (χ1n) is 12.1. The summed E-state index contributed by atoms with van der Waals surface area (Å²) >= 11 is 0. The van der Waals surface area contributed by atoms with Crippen molar-refractivity contribution < 1.29 is 0 Å². The standard InChI is InChI=1S/C28H25N9O2/c1-17-23(31-32-24-18(2)35(5)37(27(24)39)21-14-10-7-11-15-21)19(3)36(33-17)28-30-25(20-12-8-6-9-13-20)22(16-29)26(38)34(28)4/h6-15H,1-5H3. The van der Waals surface area contributed by atoms with E-state index in [-0.39, 0.29) is 28.5 Å². The molecule has 0 N–H and O–H groups in total.